The zero-order valence-corrected chi connectivity index (χ0v) is 13.7. The molecule has 0 saturated carbocycles. The lowest BCUT2D eigenvalue weighted by Gasteiger charge is -2.02. The van der Waals surface area contributed by atoms with Crippen LogP contribution in [-0.4, -0.2) is 25.2 Å². The van der Waals surface area contributed by atoms with E-state index in [9.17, 15) is 9.59 Å². The summed E-state index contributed by atoms with van der Waals surface area (Å²) in [5, 5.41) is 0. The third-order valence-corrected chi connectivity index (χ3v) is 3.10. The number of hydrogen-bond acceptors (Lipinski definition) is 4. The van der Waals surface area contributed by atoms with Crippen molar-refractivity contribution in [1.29, 1.82) is 0 Å². The van der Waals surface area contributed by atoms with Crippen LogP contribution in [0.2, 0.25) is 0 Å². The highest BCUT2D eigenvalue weighted by molar-refractivity contribution is 5.90. The van der Waals surface area contributed by atoms with Gasteiger partial charge in [0.05, 0.1) is 24.3 Å². The Labute approximate surface area is 141 Å². The Morgan fingerprint density at radius 2 is 1.21 bits per heavy atom. The van der Waals surface area contributed by atoms with Gasteiger partial charge in [0.25, 0.3) is 0 Å². The van der Waals surface area contributed by atoms with Crippen LogP contribution in [0.15, 0.2) is 48.5 Å². The molecule has 2 aromatic rings. The van der Waals surface area contributed by atoms with Crippen LogP contribution >= 0.6 is 0 Å². The largest absolute Gasteiger partial charge is 0.462 e. The Kier molecular flexibility index (Phi) is 6.16. The molecule has 122 valence electrons. The SMILES string of the molecule is CCOC(=O)c1cccc(C#Cc2cccc(C(=O)OCC)c2)c1. The summed E-state index contributed by atoms with van der Waals surface area (Å²) < 4.78 is 9.94. The monoisotopic (exact) mass is 322 g/mol. The summed E-state index contributed by atoms with van der Waals surface area (Å²) in [6.45, 7) is 4.18. The topological polar surface area (TPSA) is 52.6 Å². The maximum atomic E-state index is 11.7. The van der Waals surface area contributed by atoms with E-state index >= 15 is 0 Å². The average molecular weight is 322 g/mol. The molecule has 0 spiro atoms. The van der Waals surface area contributed by atoms with Crippen molar-refractivity contribution in [3.63, 3.8) is 0 Å². The van der Waals surface area contributed by atoms with Crippen molar-refractivity contribution >= 4 is 11.9 Å². The lowest BCUT2D eigenvalue weighted by atomic mass is 10.1. The fourth-order valence-corrected chi connectivity index (χ4v) is 2.02. The minimum absolute atomic E-state index is 0.329. The molecule has 0 aliphatic carbocycles. The molecule has 0 atom stereocenters. The van der Waals surface area contributed by atoms with E-state index in [4.69, 9.17) is 9.47 Å². The van der Waals surface area contributed by atoms with E-state index in [2.05, 4.69) is 11.8 Å². The molecule has 0 N–H and O–H groups in total. The Morgan fingerprint density at radius 3 is 1.58 bits per heavy atom. The van der Waals surface area contributed by atoms with E-state index in [1.165, 1.54) is 0 Å². The molecule has 0 amide bonds. The first kappa shape index (κ1) is 17.3. The summed E-state index contributed by atoms with van der Waals surface area (Å²) in [6, 6.07) is 13.9. The van der Waals surface area contributed by atoms with Crippen LogP contribution in [0.1, 0.15) is 45.7 Å². The number of esters is 2. The summed E-state index contributed by atoms with van der Waals surface area (Å²) in [6.07, 6.45) is 0. The highest BCUT2D eigenvalue weighted by atomic mass is 16.5. The van der Waals surface area contributed by atoms with Gasteiger partial charge in [0.15, 0.2) is 0 Å². The summed E-state index contributed by atoms with van der Waals surface area (Å²) in [5.74, 6) is 5.23. The van der Waals surface area contributed by atoms with Crippen molar-refractivity contribution in [2.45, 2.75) is 13.8 Å². The maximum Gasteiger partial charge on any atom is 0.338 e. The van der Waals surface area contributed by atoms with Gasteiger partial charge in [0.2, 0.25) is 0 Å². The Hall–Kier alpha value is -3.06. The van der Waals surface area contributed by atoms with Gasteiger partial charge in [-0.2, -0.15) is 0 Å². The van der Waals surface area contributed by atoms with Crippen molar-refractivity contribution in [3.8, 4) is 11.8 Å². The van der Waals surface area contributed by atoms with Gasteiger partial charge in [0, 0.05) is 11.1 Å². The fraction of sp³-hybridized carbons (Fsp3) is 0.200. The molecule has 2 aromatic carbocycles. The molecule has 24 heavy (non-hydrogen) atoms. The van der Waals surface area contributed by atoms with Crippen molar-refractivity contribution in [3.05, 3.63) is 70.8 Å². The first-order valence-electron chi connectivity index (χ1n) is 7.70. The van der Waals surface area contributed by atoms with Crippen LogP contribution in [0.5, 0.6) is 0 Å². The molecular formula is C20H18O4. The van der Waals surface area contributed by atoms with E-state index in [0.29, 0.717) is 35.5 Å². The predicted molar refractivity (Wildman–Crippen MR) is 90.8 cm³/mol. The highest BCUT2D eigenvalue weighted by Gasteiger charge is 2.07. The van der Waals surface area contributed by atoms with Gasteiger partial charge in [0.1, 0.15) is 0 Å². The van der Waals surface area contributed by atoms with Crippen LogP contribution in [0.4, 0.5) is 0 Å². The molecule has 0 heterocycles. The number of carbonyl (C=O) groups excluding carboxylic acids is 2. The molecule has 0 fully saturated rings. The molecule has 4 nitrogen and oxygen atoms in total. The second-order valence-corrected chi connectivity index (χ2v) is 4.85. The first-order valence-corrected chi connectivity index (χ1v) is 7.70. The predicted octanol–water partition coefficient (Wildman–Crippen LogP) is 3.44. The summed E-state index contributed by atoms with van der Waals surface area (Å²) in [4.78, 5) is 23.5. The van der Waals surface area contributed by atoms with Crippen molar-refractivity contribution in [2.24, 2.45) is 0 Å². The Bertz CT molecular complexity index is 731. The van der Waals surface area contributed by atoms with Crippen molar-refractivity contribution in [1.82, 2.24) is 0 Å². The average Bonchev–Trinajstić information content (AvgIpc) is 2.61. The van der Waals surface area contributed by atoms with Crippen molar-refractivity contribution < 1.29 is 19.1 Å². The third-order valence-electron chi connectivity index (χ3n) is 3.10. The van der Waals surface area contributed by atoms with Crippen LogP contribution in [-0.2, 0) is 9.47 Å². The van der Waals surface area contributed by atoms with E-state index in [0.717, 1.165) is 0 Å². The molecule has 2 rings (SSSR count). The van der Waals surface area contributed by atoms with E-state index in [1.54, 1.807) is 50.2 Å². The van der Waals surface area contributed by atoms with Crippen LogP contribution in [0, 0.1) is 11.8 Å². The summed E-state index contributed by atoms with van der Waals surface area (Å²) in [5.41, 5.74) is 2.32. The Balaban J connectivity index is 2.21. The molecule has 0 saturated heterocycles. The molecule has 4 heteroatoms. The number of ether oxygens (including phenoxy) is 2. The summed E-state index contributed by atoms with van der Waals surface area (Å²) >= 11 is 0. The first-order chi connectivity index (χ1) is 11.6. The number of carbonyl (C=O) groups is 2. The molecule has 0 aromatic heterocycles. The number of hydrogen-bond donors (Lipinski definition) is 0. The minimum atomic E-state index is -0.370. The molecule has 0 aliphatic rings. The van der Waals surface area contributed by atoms with Gasteiger partial charge in [-0.05, 0) is 50.2 Å². The van der Waals surface area contributed by atoms with Gasteiger partial charge in [-0.15, -0.1) is 0 Å². The zero-order chi connectivity index (χ0) is 17.4. The second kappa shape index (κ2) is 8.54. The van der Waals surface area contributed by atoms with Crippen LogP contribution in [0.3, 0.4) is 0 Å². The lowest BCUT2D eigenvalue weighted by Crippen LogP contribution is -2.04. The maximum absolute atomic E-state index is 11.7. The van der Waals surface area contributed by atoms with Gasteiger partial charge in [-0.1, -0.05) is 24.0 Å². The molecular weight excluding hydrogens is 304 g/mol. The van der Waals surface area contributed by atoms with Gasteiger partial charge < -0.3 is 9.47 Å². The van der Waals surface area contributed by atoms with Crippen molar-refractivity contribution in [2.75, 3.05) is 13.2 Å². The molecule has 0 aliphatic heterocycles. The van der Waals surface area contributed by atoms with Gasteiger partial charge in [-0.25, -0.2) is 9.59 Å². The van der Waals surface area contributed by atoms with E-state index < -0.39 is 0 Å². The van der Waals surface area contributed by atoms with Crippen LogP contribution < -0.4 is 0 Å². The lowest BCUT2D eigenvalue weighted by molar-refractivity contribution is 0.0516. The number of rotatable bonds is 4. The van der Waals surface area contributed by atoms with E-state index in [1.807, 2.05) is 12.1 Å². The molecule has 0 unspecified atom stereocenters. The molecule has 0 bridgehead atoms. The van der Waals surface area contributed by atoms with Gasteiger partial charge in [-0.3, -0.25) is 0 Å². The number of benzene rings is 2. The minimum Gasteiger partial charge on any atom is -0.462 e. The normalized spacial score (nSPS) is 9.58. The highest BCUT2D eigenvalue weighted by Crippen LogP contribution is 2.08. The molecule has 0 radical (unpaired) electrons. The third kappa shape index (κ3) is 4.72. The zero-order valence-electron chi connectivity index (χ0n) is 13.7. The fourth-order valence-electron chi connectivity index (χ4n) is 2.02. The quantitative estimate of drug-likeness (QED) is 0.639. The van der Waals surface area contributed by atoms with Crippen LogP contribution in [0.25, 0.3) is 0 Å². The van der Waals surface area contributed by atoms with Gasteiger partial charge >= 0.3 is 11.9 Å². The Morgan fingerprint density at radius 1 is 0.792 bits per heavy atom. The second-order valence-electron chi connectivity index (χ2n) is 4.85. The van der Waals surface area contributed by atoms with E-state index in [-0.39, 0.29) is 11.9 Å². The smallest absolute Gasteiger partial charge is 0.338 e. The summed E-state index contributed by atoms with van der Waals surface area (Å²) in [7, 11) is 0. The standard InChI is InChI=1S/C20H18O4/c1-3-23-19(21)17-9-5-7-15(13-17)11-12-16-8-6-10-18(14-16)20(22)24-4-2/h5-10,13-14H,3-4H2,1-2H3.